The summed E-state index contributed by atoms with van der Waals surface area (Å²) in [5.41, 5.74) is 1.09. The highest BCUT2D eigenvalue weighted by Crippen LogP contribution is 2.27. The van der Waals surface area contributed by atoms with Gasteiger partial charge in [0, 0.05) is 5.02 Å². The minimum absolute atomic E-state index is 0.0863. The summed E-state index contributed by atoms with van der Waals surface area (Å²) < 4.78 is 26.8. The van der Waals surface area contributed by atoms with Crippen LogP contribution in [0.3, 0.4) is 0 Å². The molecule has 0 saturated carbocycles. The van der Waals surface area contributed by atoms with Crippen LogP contribution in [-0.4, -0.2) is 13.5 Å². The van der Waals surface area contributed by atoms with E-state index in [9.17, 15) is 13.5 Å². The molecule has 0 radical (unpaired) electrons. The normalized spacial score (nSPS) is 11.3. The Kier molecular flexibility index (Phi) is 4.20. The Bertz CT molecular complexity index is 712. The molecule has 0 aliphatic carbocycles. The van der Waals surface area contributed by atoms with Gasteiger partial charge in [0.1, 0.15) is 5.75 Å². The standard InChI is InChI=1S/C14H14ClNO3S/c1-2-10-3-8-14(17)13(9-10)16-20(18,19)12-6-4-11(15)5-7-12/h3-9,16-17H,2H2,1H3. The zero-order valence-electron chi connectivity index (χ0n) is 10.8. The summed E-state index contributed by atoms with van der Waals surface area (Å²) in [4.78, 5) is 0.0863. The van der Waals surface area contributed by atoms with Crippen LogP contribution in [0.15, 0.2) is 47.4 Å². The van der Waals surface area contributed by atoms with Gasteiger partial charge < -0.3 is 5.11 Å². The van der Waals surface area contributed by atoms with Crippen LogP contribution >= 0.6 is 11.6 Å². The van der Waals surface area contributed by atoms with Gasteiger partial charge in [0.25, 0.3) is 10.0 Å². The van der Waals surface area contributed by atoms with E-state index in [-0.39, 0.29) is 16.3 Å². The van der Waals surface area contributed by atoms with Crippen molar-refractivity contribution in [1.29, 1.82) is 0 Å². The van der Waals surface area contributed by atoms with E-state index in [1.54, 1.807) is 12.1 Å². The zero-order chi connectivity index (χ0) is 14.8. The fourth-order valence-corrected chi connectivity index (χ4v) is 2.89. The second-order valence-corrected chi connectivity index (χ2v) is 6.38. The topological polar surface area (TPSA) is 66.4 Å². The van der Waals surface area contributed by atoms with Crippen LogP contribution in [0.1, 0.15) is 12.5 Å². The average molecular weight is 312 g/mol. The van der Waals surface area contributed by atoms with Crippen LogP contribution < -0.4 is 4.72 Å². The highest BCUT2D eigenvalue weighted by Gasteiger charge is 2.16. The Balaban J connectivity index is 2.35. The summed E-state index contributed by atoms with van der Waals surface area (Å²) in [6.07, 6.45) is 0.746. The number of phenolic OH excluding ortho intramolecular Hbond substituents is 1. The molecular weight excluding hydrogens is 298 g/mol. The quantitative estimate of drug-likeness (QED) is 0.850. The summed E-state index contributed by atoms with van der Waals surface area (Å²) >= 11 is 5.73. The number of hydrogen-bond donors (Lipinski definition) is 2. The van der Waals surface area contributed by atoms with Crippen molar-refractivity contribution in [3.8, 4) is 5.75 Å². The number of hydrogen-bond acceptors (Lipinski definition) is 3. The number of rotatable bonds is 4. The molecule has 2 N–H and O–H groups in total. The first-order valence-corrected chi connectivity index (χ1v) is 7.89. The van der Waals surface area contributed by atoms with Gasteiger partial charge >= 0.3 is 0 Å². The van der Waals surface area contributed by atoms with E-state index in [1.165, 1.54) is 30.3 Å². The Morgan fingerprint density at radius 2 is 1.80 bits per heavy atom. The van der Waals surface area contributed by atoms with Crippen molar-refractivity contribution in [2.24, 2.45) is 0 Å². The number of nitrogens with one attached hydrogen (secondary N) is 1. The van der Waals surface area contributed by atoms with Crippen molar-refractivity contribution in [2.75, 3.05) is 4.72 Å². The summed E-state index contributed by atoms with van der Waals surface area (Å²) in [7, 11) is -3.75. The van der Waals surface area contributed by atoms with Gasteiger partial charge in [-0.2, -0.15) is 0 Å². The van der Waals surface area contributed by atoms with E-state index in [2.05, 4.69) is 4.72 Å². The van der Waals surface area contributed by atoms with Gasteiger partial charge in [-0.25, -0.2) is 8.42 Å². The van der Waals surface area contributed by atoms with Crippen molar-refractivity contribution in [3.05, 3.63) is 53.1 Å². The number of phenols is 1. The molecule has 106 valence electrons. The lowest BCUT2D eigenvalue weighted by Crippen LogP contribution is -2.13. The van der Waals surface area contributed by atoms with Crippen molar-refractivity contribution in [3.63, 3.8) is 0 Å². The second-order valence-electron chi connectivity index (χ2n) is 4.26. The van der Waals surface area contributed by atoms with Gasteiger partial charge in [0.2, 0.25) is 0 Å². The largest absolute Gasteiger partial charge is 0.506 e. The molecule has 2 aromatic carbocycles. The Morgan fingerprint density at radius 1 is 1.15 bits per heavy atom. The number of sulfonamides is 1. The molecule has 2 rings (SSSR count). The smallest absolute Gasteiger partial charge is 0.262 e. The highest BCUT2D eigenvalue weighted by molar-refractivity contribution is 7.92. The van der Waals surface area contributed by atoms with Gasteiger partial charge in [0.05, 0.1) is 10.6 Å². The summed E-state index contributed by atoms with van der Waals surface area (Å²) in [5.74, 6) is -0.111. The number of benzene rings is 2. The molecular formula is C14H14ClNO3S. The maximum absolute atomic E-state index is 12.2. The van der Waals surface area contributed by atoms with Crippen LogP contribution in [0.4, 0.5) is 5.69 Å². The predicted octanol–water partition coefficient (Wildman–Crippen LogP) is 3.41. The SMILES string of the molecule is CCc1ccc(O)c(NS(=O)(=O)c2ccc(Cl)cc2)c1. The minimum atomic E-state index is -3.75. The maximum Gasteiger partial charge on any atom is 0.262 e. The molecule has 0 aliphatic heterocycles. The third-order valence-electron chi connectivity index (χ3n) is 2.84. The van der Waals surface area contributed by atoms with Gasteiger partial charge in [-0.1, -0.05) is 24.6 Å². The summed E-state index contributed by atoms with van der Waals surface area (Å²) in [6, 6.07) is 10.6. The van der Waals surface area contributed by atoms with E-state index < -0.39 is 10.0 Å². The lowest BCUT2D eigenvalue weighted by molar-refractivity contribution is 0.477. The van der Waals surface area contributed by atoms with Gasteiger partial charge in [-0.3, -0.25) is 4.72 Å². The lowest BCUT2D eigenvalue weighted by Gasteiger charge is -2.11. The van der Waals surface area contributed by atoms with E-state index >= 15 is 0 Å². The van der Waals surface area contributed by atoms with E-state index in [0.717, 1.165) is 12.0 Å². The molecule has 0 amide bonds. The molecule has 0 aliphatic rings. The van der Waals surface area contributed by atoms with Gasteiger partial charge in [-0.05, 0) is 48.4 Å². The van der Waals surface area contributed by atoms with Gasteiger partial charge in [-0.15, -0.1) is 0 Å². The average Bonchev–Trinajstić information content (AvgIpc) is 2.41. The molecule has 2 aromatic rings. The Hall–Kier alpha value is -1.72. The fourth-order valence-electron chi connectivity index (χ4n) is 1.70. The van der Waals surface area contributed by atoms with E-state index in [4.69, 9.17) is 11.6 Å². The van der Waals surface area contributed by atoms with Crippen LogP contribution in [-0.2, 0) is 16.4 Å². The van der Waals surface area contributed by atoms with Crippen molar-refractivity contribution in [2.45, 2.75) is 18.2 Å². The molecule has 0 saturated heterocycles. The molecule has 0 bridgehead atoms. The zero-order valence-corrected chi connectivity index (χ0v) is 12.4. The lowest BCUT2D eigenvalue weighted by atomic mass is 10.1. The molecule has 6 heteroatoms. The number of anilines is 1. The first-order chi connectivity index (χ1) is 9.42. The van der Waals surface area contributed by atoms with Crippen LogP contribution in [0.25, 0.3) is 0 Å². The number of aromatic hydroxyl groups is 1. The maximum atomic E-state index is 12.2. The van der Waals surface area contributed by atoms with Crippen molar-refractivity contribution in [1.82, 2.24) is 0 Å². The molecule has 4 nitrogen and oxygen atoms in total. The molecule has 0 unspecified atom stereocenters. The summed E-state index contributed by atoms with van der Waals surface area (Å²) in [5, 5.41) is 10.2. The third-order valence-corrected chi connectivity index (χ3v) is 4.47. The predicted molar refractivity (Wildman–Crippen MR) is 79.7 cm³/mol. The molecule has 0 aromatic heterocycles. The molecule has 0 fully saturated rings. The Morgan fingerprint density at radius 3 is 2.40 bits per heavy atom. The van der Waals surface area contributed by atoms with Crippen molar-refractivity contribution >= 4 is 27.3 Å². The van der Waals surface area contributed by atoms with Crippen LogP contribution in [0.2, 0.25) is 5.02 Å². The summed E-state index contributed by atoms with van der Waals surface area (Å²) in [6.45, 7) is 1.95. The first-order valence-electron chi connectivity index (χ1n) is 6.02. The fraction of sp³-hybridized carbons (Fsp3) is 0.143. The first kappa shape index (κ1) is 14.7. The third kappa shape index (κ3) is 3.23. The molecule has 20 heavy (non-hydrogen) atoms. The Labute approximate surface area is 123 Å². The van der Waals surface area contributed by atoms with Crippen LogP contribution in [0.5, 0.6) is 5.75 Å². The van der Waals surface area contributed by atoms with E-state index in [0.29, 0.717) is 5.02 Å². The molecule has 0 heterocycles. The van der Waals surface area contributed by atoms with Crippen LogP contribution in [0, 0.1) is 0 Å². The van der Waals surface area contributed by atoms with Crippen molar-refractivity contribution < 1.29 is 13.5 Å². The second kappa shape index (κ2) is 5.73. The number of aryl methyl sites for hydroxylation is 1. The monoisotopic (exact) mass is 311 g/mol. The minimum Gasteiger partial charge on any atom is -0.506 e. The number of halogens is 1. The molecule has 0 atom stereocenters. The van der Waals surface area contributed by atoms with E-state index in [1.807, 2.05) is 6.92 Å². The van der Waals surface area contributed by atoms with Gasteiger partial charge in [0.15, 0.2) is 0 Å². The molecule has 0 spiro atoms. The highest BCUT2D eigenvalue weighted by atomic mass is 35.5.